The van der Waals surface area contributed by atoms with E-state index in [0.29, 0.717) is 0 Å². The van der Waals surface area contributed by atoms with Crippen LogP contribution >= 0.6 is 0 Å². The summed E-state index contributed by atoms with van der Waals surface area (Å²) in [6.45, 7) is 0. The summed E-state index contributed by atoms with van der Waals surface area (Å²) in [4.78, 5) is 11.3. The molecule has 0 saturated heterocycles. The lowest BCUT2D eigenvalue weighted by atomic mass is 9.76. The van der Waals surface area contributed by atoms with Crippen molar-refractivity contribution in [2.24, 2.45) is 5.92 Å². The molecule has 0 aromatic carbocycles. The van der Waals surface area contributed by atoms with Gasteiger partial charge in [0, 0.05) is 13.0 Å². The van der Waals surface area contributed by atoms with E-state index >= 15 is 0 Å². The molecule has 0 amide bonds. The van der Waals surface area contributed by atoms with Gasteiger partial charge < -0.3 is 9.84 Å². The number of carboxylic acid groups (broad SMARTS) is 1. The van der Waals surface area contributed by atoms with Gasteiger partial charge in [-0.25, -0.2) is 4.79 Å². The second-order valence-electron chi connectivity index (χ2n) is 3.55. The average molecular weight is 204 g/mol. The summed E-state index contributed by atoms with van der Waals surface area (Å²) >= 11 is 0. The molecule has 0 saturated carbocycles. The fraction of sp³-hybridized carbons (Fsp3) is 0.250. The van der Waals surface area contributed by atoms with Crippen LogP contribution in [0.4, 0.5) is 0 Å². The predicted molar refractivity (Wildman–Crippen MR) is 56.4 cm³/mol. The van der Waals surface area contributed by atoms with E-state index in [1.54, 1.807) is 12.2 Å². The number of hydrogen-bond acceptors (Lipinski definition) is 2. The molecular formula is C12H12O3. The van der Waals surface area contributed by atoms with Crippen LogP contribution in [0.2, 0.25) is 0 Å². The van der Waals surface area contributed by atoms with Crippen LogP contribution in [0.15, 0.2) is 48.1 Å². The van der Waals surface area contributed by atoms with E-state index in [4.69, 9.17) is 4.74 Å². The van der Waals surface area contributed by atoms with Crippen molar-refractivity contribution in [1.82, 2.24) is 0 Å². The molecule has 0 fully saturated rings. The van der Waals surface area contributed by atoms with E-state index < -0.39 is 11.6 Å². The fourth-order valence-electron chi connectivity index (χ4n) is 2.00. The smallest absolute Gasteiger partial charge is 0.341 e. The minimum Gasteiger partial charge on any atom is -0.479 e. The van der Waals surface area contributed by atoms with Crippen LogP contribution in [0.25, 0.3) is 0 Å². The molecule has 3 heteroatoms. The fourth-order valence-corrected chi connectivity index (χ4v) is 2.00. The molecule has 2 rings (SSSR count). The van der Waals surface area contributed by atoms with Crippen LogP contribution in [0.5, 0.6) is 0 Å². The van der Waals surface area contributed by atoms with E-state index in [0.717, 1.165) is 5.57 Å². The third-order valence-corrected chi connectivity index (χ3v) is 2.83. The van der Waals surface area contributed by atoms with Gasteiger partial charge >= 0.3 is 5.97 Å². The minimum absolute atomic E-state index is 0.241. The summed E-state index contributed by atoms with van der Waals surface area (Å²) in [6.07, 6.45) is 12.7. The van der Waals surface area contributed by atoms with Gasteiger partial charge in [0.1, 0.15) is 0 Å². The van der Waals surface area contributed by atoms with Crippen molar-refractivity contribution in [2.45, 2.75) is 5.60 Å². The van der Waals surface area contributed by atoms with Crippen LogP contribution in [0.3, 0.4) is 0 Å². The molecule has 0 spiro atoms. The lowest BCUT2D eigenvalue weighted by Crippen LogP contribution is -2.47. The van der Waals surface area contributed by atoms with Gasteiger partial charge in [0.15, 0.2) is 5.60 Å². The Balaban J connectivity index is 2.48. The van der Waals surface area contributed by atoms with Gasteiger partial charge in [-0.1, -0.05) is 36.5 Å². The molecule has 2 aliphatic carbocycles. The zero-order valence-corrected chi connectivity index (χ0v) is 8.38. The summed E-state index contributed by atoms with van der Waals surface area (Å²) < 4.78 is 5.20. The standard InChI is InChI=1S/C12H12O3/c1-15-12(11(13)14)8-4-6-9-5-2-3-7-10(9)12/h2-8,10H,1H3,(H,13,14)/t10-,12-/m0/s1. The SMILES string of the molecule is CO[C@@]1(C(=O)O)C=CC=C2C=CC=C[C@@H]21. The Kier molecular flexibility index (Phi) is 2.32. The summed E-state index contributed by atoms with van der Waals surface area (Å²) in [5.74, 6) is -1.20. The first-order valence-electron chi connectivity index (χ1n) is 4.73. The molecule has 0 radical (unpaired) electrons. The number of carboxylic acids is 1. The van der Waals surface area contributed by atoms with Gasteiger partial charge in [-0.3, -0.25) is 0 Å². The number of allylic oxidation sites excluding steroid dienone is 5. The number of aliphatic carboxylic acids is 1. The average Bonchev–Trinajstić information content (AvgIpc) is 2.28. The summed E-state index contributed by atoms with van der Waals surface area (Å²) in [7, 11) is 1.42. The molecule has 0 aromatic heterocycles. The molecule has 0 aromatic rings. The van der Waals surface area contributed by atoms with E-state index in [2.05, 4.69) is 0 Å². The monoisotopic (exact) mass is 204 g/mol. The highest BCUT2D eigenvalue weighted by molar-refractivity contribution is 5.83. The minimum atomic E-state index is -1.26. The molecule has 0 unspecified atom stereocenters. The van der Waals surface area contributed by atoms with Crippen LogP contribution in [0, 0.1) is 5.92 Å². The molecule has 2 atom stereocenters. The van der Waals surface area contributed by atoms with E-state index in [1.165, 1.54) is 7.11 Å². The zero-order valence-electron chi connectivity index (χ0n) is 8.38. The van der Waals surface area contributed by atoms with E-state index in [9.17, 15) is 9.90 Å². The van der Waals surface area contributed by atoms with Crippen molar-refractivity contribution < 1.29 is 14.6 Å². The molecule has 15 heavy (non-hydrogen) atoms. The van der Waals surface area contributed by atoms with Gasteiger partial charge in [0.05, 0.1) is 0 Å². The lowest BCUT2D eigenvalue weighted by molar-refractivity contribution is -0.159. The van der Waals surface area contributed by atoms with Crippen LogP contribution in [-0.2, 0) is 9.53 Å². The molecule has 78 valence electrons. The molecular weight excluding hydrogens is 192 g/mol. The third kappa shape index (κ3) is 1.36. The van der Waals surface area contributed by atoms with Gasteiger partial charge in [0.25, 0.3) is 0 Å². The van der Waals surface area contributed by atoms with E-state index in [1.807, 2.05) is 30.4 Å². The van der Waals surface area contributed by atoms with Crippen molar-refractivity contribution in [3.8, 4) is 0 Å². The van der Waals surface area contributed by atoms with Crippen molar-refractivity contribution >= 4 is 5.97 Å². The molecule has 0 bridgehead atoms. The van der Waals surface area contributed by atoms with Gasteiger partial charge in [-0.15, -0.1) is 0 Å². The maximum absolute atomic E-state index is 11.3. The Morgan fingerprint density at radius 1 is 1.47 bits per heavy atom. The maximum atomic E-state index is 11.3. The number of methoxy groups -OCH3 is 1. The Morgan fingerprint density at radius 3 is 2.93 bits per heavy atom. The quantitative estimate of drug-likeness (QED) is 0.744. The van der Waals surface area contributed by atoms with Crippen LogP contribution in [0.1, 0.15) is 0 Å². The highest BCUT2D eigenvalue weighted by Gasteiger charge is 2.45. The number of fused-ring (bicyclic) bond motifs is 1. The Bertz CT molecular complexity index is 401. The number of carbonyl (C=O) groups is 1. The predicted octanol–water partition coefficient (Wildman–Crippen LogP) is 1.69. The Hall–Kier alpha value is -1.61. The first-order chi connectivity index (χ1) is 7.20. The first-order valence-corrected chi connectivity index (χ1v) is 4.73. The summed E-state index contributed by atoms with van der Waals surface area (Å²) in [5, 5.41) is 9.27. The van der Waals surface area contributed by atoms with Crippen LogP contribution < -0.4 is 0 Å². The second-order valence-corrected chi connectivity index (χ2v) is 3.55. The maximum Gasteiger partial charge on any atom is 0.341 e. The van der Waals surface area contributed by atoms with Crippen LogP contribution in [-0.4, -0.2) is 23.8 Å². The Labute approximate surface area is 88.1 Å². The lowest BCUT2D eigenvalue weighted by Gasteiger charge is -2.35. The van der Waals surface area contributed by atoms with Crippen molar-refractivity contribution in [3.63, 3.8) is 0 Å². The number of rotatable bonds is 2. The molecule has 2 aliphatic rings. The van der Waals surface area contributed by atoms with Crippen molar-refractivity contribution in [3.05, 3.63) is 48.1 Å². The number of ether oxygens (including phenoxy) is 1. The summed E-state index contributed by atoms with van der Waals surface area (Å²) in [6, 6.07) is 0. The molecule has 0 heterocycles. The highest BCUT2D eigenvalue weighted by atomic mass is 16.5. The molecule has 0 aliphatic heterocycles. The molecule has 1 N–H and O–H groups in total. The van der Waals surface area contributed by atoms with Gasteiger partial charge in [-0.2, -0.15) is 0 Å². The number of hydrogen-bond donors (Lipinski definition) is 1. The summed E-state index contributed by atoms with van der Waals surface area (Å²) in [5.41, 5.74) is -0.296. The Morgan fingerprint density at radius 2 is 2.27 bits per heavy atom. The second kappa shape index (κ2) is 3.51. The first kappa shape index (κ1) is 9.93. The largest absolute Gasteiger partial charge is 0.479 e. The van der Waals surface area contributed by atoms with Crippen molar-refractivity contribution in [2.75, 3.05) is 7.11 Å². The van der Waals surface area contributed by atoms with Gasteiger partial charge in [0.2, 0.25) is 0 Å². The highest BCUT2D eigenvalue weighted by Crippen LogP contribution is 2.36. The zero-order chi connectivity index (χ0) is 10.9. The normalized spacial score (nSPS) is 32.3. The third-order valence-electron chi connectivity index (χ3n) is 2.83. The van der Waals surface area contributed by atoms with Crippen molar-refractivity contribution in [1.29, 1.82) is 0 Å². The van der Waals surface area contributed by atoms with E-state index in [-0.39, 0.29) is 5.92 Å². The topological polar surface area (TPSA) is 46.5 Å². The van der Waals surface area contributed by atoms with Gasteiger partial charge in [-0.05, 0) is 11.6 Å². The molecule has 3 nitrogen and oxygen atoms in total.